The Labute approximate surface area is 127 Å². The predicted octanol–water partition coefficient (Wildman–Crippen LogP) is 5.10. The largest absolute Gasteiger partial charge is 0.337 e. The summed E-state index contributed by atoms with van der Waals surface area (Å²) in [5.41, 5.74) is 0.965. The van der Waals surface area contributed by atoms with Gasteiger partial charge in [-0.2, -0.15) is 0 Å². The molecule has 0 radical (unpaired) electrons. The van der Waals surface area contributed by atoms with E-state index in [1.54, 1.807) is 19.1 Å². The lowest BCUT2D eigenvalue weighted by molar-refractivity contribution is 0.631. The van der Waals surface area contributed by atoms with Gasteiger partial charge in [-0.15, -0.1) is 0 Å². The Hall–Kier alpha value is -1.39. The maximum atomic E-state index is 13.8. The minimum atomic E-state index is -0.447. The molecule has 0 fully saturated rings. The van der Waals surface area contributed by atoms with Crippen molar-refractivity contribution in [2.75, 3.05) is 5.32 Å². The van der Waals surface area contributed by atoms with Gasteiger partial charge < -0.3 is 5.32 Å². The summed E-state index contributed by atoms with van der Waals surface area (Å²) in [6.45, 7) is 5.71. The highest BCUT2D eigenvalue weighted by molar-refractivity contribution is 6.31. The van der Waals surface area contributed by atoms with Crippen LogP contribution in [0.5, 0.6) is 0 Å². The molecule has 0 aliphatic carbocycles. The predicted molar refractivity (Wildman–Crippen MR) is 80.6 cm³/mol. The number of hydrogen-bond donors (Lipinski definition) is 1. The third-order valence-electron chi connectivity index (χ3n) is 2.80. The lowest BCUT2D eigenvalue weighted by Crippen LogP contribution is -2.05. The zero-order valence-corrected chi connectivity index (χ0v) is 12.8. The molecule has 0 saturated carbocycles. The SMILES string of the molecule is Cc1c(Cl)nc(C(C)C)nc1Nc1ccc(Cl)cc1F. The Morgan fingerprint density at radius 1 is 1.20 bits per heavy atom. The van der Waals surface area contributed by atoms with Gasteiger partial charge in [0.2, 0.25) is 0 Å². The van der Waals surface area contributed by atoms with Gasteiger partial charge in [-0.3, -0.25) is 0 Å². The second-order valence-electron chi connectivity index (χ2n) is 4.75. The van der Waals surface area contributed by atoms with Crippen LogP contribution in [0.4, 0.5) is 15.9 Å². The summed E-state index contributed by atoms with van der Waals surface area (Å²) in [6.07, 6.45) is 0. The van der Waals surface area contributed by atoms with Gasteiger partial charge >= 0.3 is 0 Å². The van der Waals surface area contributed by atoms with Crippen LogP contribution in [0, 0.1) is 12.7 Å². The lowest BCUT2D eigenvalue weighted by Gasteiger charge is -2.13. The van der Waals surface area contributed by atoms with Gasteiger partial charge in [0.05, 0.1) is 5.69 Å². The number of hydrogen-bond acceptors (Lipinski definition) is 3. The molecule has 0 bridgehead atoms. The van der Waals surface area contributed by atoms with Crippen LogP contribution in [0.2, 0.25) is 10.2 Å². The molecule has 20 heavy (non-hydrogen) atoms. The van der Waals surface area contributed by atoms with Crippen LogP contribution in [-0.2, 0) is 0 Å². The van der Waals surface area contributed by atoms with Gasteiger partial charge in [-0.1, -0.05) is 37.0 Å². The van der Waals surface area contributed by atoms with Gasteiger partial charge in [0.15, 0.2) is 0 Å². The van der Waals surface area contributed by atoms with Crippen molar-refractivity contribution in [1.82, 2.24) is 9.97 Å². The summed E-state index contributed by atoms with van der Waals surface area (Å²) in [4.78, 5) is 8.60. The maximum Gasteiger partial charge on any atom is 0.148 e. The Kier molecular flexibility index (Phi) is 4.45. The van der Waals surface area contributed by atoms with Crippen molar-refractivity contribution in [3.8, 4) is 0 Å². The molecular formula is C14H14Cl2FN3. The molecule has 6 heteroatoms. The molecule has 1 heterocycles. The Morgan fingerprint density at radius 3 is 2.50 bits per heavy atom. The number of nitrogens with zero attached hydrogens (tertiary/aromatic N) is 2. The molecule has 1 N–H and O–H groups in total. The molecular weight excluding hydrogens is 300 g/mol. The topological polar surface area (TPSA) is 37.8 Å². The first-order valence-corrected chi connectivity index (χ1v) is 6.90. The van der Waals surface area contributed by atoms with Crippen LogP contribution in [0.1, 0.15) is 31.2 Å². The minimum absolute atomic E-state index is 0.128. The van der Waals surface area contributed by atoms with Gasteiger partial charge in [0.25, 0.3) is 0 Å². The second-order valence-corrected chi connectivity index (χ2v) is 5.54. The monoisotopic (exact) mass is 313 g/mol. The first kappa shape index (κ1) is 15.0. The molecule has 1 aromatic carbocycles. The fraction of sp³-hybridized carbons (Fsp3) is 0.286. The molecule has 0 saturated heterocycles. The summed E-state index contributed by atoms with van der Waals surface area (Å²) < 4.78 is 13.8. The Morgan fingerprint density at radius 2 is 1.90 bits per heavy atom. The molecule has 3 nitrogen and oxygen atoms in total. The lowest BCUT2D eigenvalue weighted by atomic mass is 10.2. The first-order valence-electron chi connectivity index (χ1n) is 6.14. The van der Waals surface area contributed by atoms with Crippen molar-refractivity contribution in [1.29, 1.82) is 0 Å². The molecule has 0 amide bonds. The van der Waals surface area contributed by atoms with Gasteiger partial charge in [-0.05, 0) is 25.1 Å². The van der Waals surface area contributed by atoms with E-state index in [9.17, 15) is 4.39 Å². The summed E-state index contributed by atoms with van der Waals surface area (Å²) in [7, 11) is 0. The molecule has 0 unspecified atom stereocenters. The van der Waals surface area contributed by atoms with E-state index in [0.29, 0.717) is 33.1 Å². The number of nitrogens with one attached hydrogen (secondary N) is 1. The van der Waals surface area contributed by atoms with Crippen molar-refractivity contribution in [3.63, 3.8) is 0 Å². The zero-order chi connectivity index (χ0) is 14.9. The molecule has 2 aromatic rings. The van der Waals surface area contributed by atoms with Crippen LogP contribution >= 0.6 is 23.2 Å². The van der Waals surface area contributed by atoms with E-state index in [1.807, 2.05) is 13.8 Å². The van der Waals surface area contributed by atoms with E-state index in [-0.39, 0.29) is 5.92 Å². The van der Waals surface area contributed by atoms with E-state index in [4.69, 9.17) is 23.2 Å². The number of aromatic nitrogens is 2. The standard InChI is InChI=1S/C14H14Cl2FN3/c1-7(2)13-19-12(16)8(3)14(20-13)18-11-5-4-9(15)6-10(11)17/h4-7H,1-3H3,(H,18,19,20). The third kappa shape index (κ3) is 3.19. The van der Waals surface area contributed by atoms with Crippen LogP contribution < -0.4 is 5.32 Å². The van der Waals surface area contributed by atoms with Crippen molar-refractivity contribution in [3.05, 3.63) is 45.6 Å². The van der Waals surface area contributed by atoms with E-state index in [2.05, 4.69) is 15.3 Å². The normalized spacial score (nSPS) is 10.9. The van der Waals surface area contributed by atoms with E-state index in [1.165, 1.54) is 6.07 Å². The minimum Gasteiger partial charge on any atom is -0.337 e. The summed E-state index contributed by atoms with van der Waals surface area (Å²) in [5.74, 6) is 0.786. The summed E-state index contributed by atoms with van der Waals surface area (Å²) >= 11 is 11.8. The number of anilines is 2. The molecule has 0 spiro atoms. The highest BCUT2D eigenvalue weighted by Crippen LogP contribution is 2.27. The van der Waals surface area contributed by atoms with Crippen LogP contribution in [0.15, 0.2) is 18.2 Å². The van der Waals surface area contributed by atoms with Crippen LogP contribution in [-0.4, -0.2) is 9.97 Å². The number of rotatable bonds is 3. The Bertz CT molecular complexity index is 645. The fourth-order valence-corrected chi connectivity index (χ4v) is 1.94. The van der Waals surface area contributed by atoms with Crippen molar-refractivity contribution in [2.24, 2.45) is 0 Å². The average molecular weight is 314 g/mol. The third-order valence-corrected chi connectivity index (χ3v) is 3.41. The molecule has 2 rings (SSSR count). The average Bonchev–Trinajstić information content (AvgIpc) is 2.37. The van der Waals surface area contributed by atoms with E-state index >= 15 is 0 Å². The maximum absolute atomic E-state index is 13.8. The summed E-state index contributed by atoms with van der Waals surface area (Å²) in [6, 6.07) is 4.40. The second kappa shape index (κ2) is 5.94. The highest BCUT2D eigenvalue weighted by Gasteiger charge is 2.13. The van der Waals surface area contributed by atoms with Gasteiger partial charge in [0.1, 0.15) is 22.6 Å². The zero-order valence-electron chi connectivity index (χ0n) is 11.3. The number of halogens is 3. The van der Waals surface area contributed by atoms with Gasteiger partial charge in [-0.25, -0.2) is 14.4 Å². The first-order chi connectivity index (χ1) is 9.38. The van der Waals surface area contributed by atoms with E-state index in [0.717, 1.165) is 0 Å². The van der Waals surface area contributed by atoms with Crippen molar-refractivity contribution >= 4 is 34.7 Å². The van der Waals surface area contributed by atoms with Crippen LogP contribution in [0.25, 0.3) is 0 Å². The van der Waals surface area contributed by atoms with Gasteiger partial charge in [0, 0.05) is 16.5 Å². The molecule has 1 aromatic heterocycles. The molecule has 0 aliphatic rings. The Balaban J connectivity index is 2.42. The quantitative estimate of drug-likeness (QED) is 0.801. The summed E-state index contributed by atoms with van der Waals surface area (Å²) in [5, 5.41) is 3.64. The highest BCUT2D eigenvalue weighted by atomic mass is 35.5. The number of benzene rings is 1. The molecule has 106 valence electrons. The van der Waals surface area contributed by atoms with Crippen molar-refractivity contribution < 1.29 is 4.39 Å². The van der Waals surface area contributed by atoms with Crippen LogP contribution in [0.3, 0.4) is 0 Å². The molecule has 0 aliphatic heterocycles. The smallest absolute Gasteiger partial charge is 0.148 e. The van der Waals surface area contributed by atoms with Crippen molar-refractivity contribution in [2.45, 2.75) is 26.7 Å². The fourth-order valence-electron chi connectivity index (χ4n) is 1.60. The van der Waals surface area contributed by atoms with E-state index < -0.39 is 5.82 Å². The molecule has 0 atom stereocenters.